The number of methoxy groups -OCH3 is 1. The van der Waals surface area contributed by atoms with E-state index in [4.69, 9.17) is 4.74 Å². The molecule has 0 atom stereocenters. The Labute approximate surface area is 152 Å². The number of nitrogens with one attached hydrogen (secondary N) is 2. The number of nitrogens with zero attached hydrogens (tertiary/aromatic N) is 2. The van der Waals surface area contributed by atoms with Gasteiger partial charge in [0.15, 0.2) is 0 Å². The summed E-state index contributed by atoms with van der Waals surface area (Å²) in [5.74, 6) is 0.746. The topological polar surface area (TPSA) is 83.6 Å². The third kappa shape index (κ3) is 4.50. The van der Waals surface area contributed by atoms with Gasteiger partial charge in [0.25, 0.3) is 5.91 Å². The molecule has 3 rings (SSSR count). The molecule has 2 aromatic rings. The number of ether oxygens (including phenoxy) is 1. The summed E-state index contributed by atoms with van der Waals surface area (Å²) >= 11 is 0. The Morgan fingerprint density at radius 1 is 1.08 bits per heavy atom. The summed E-state index contributed by atoms with van der Waals surface area (Å²) in [5.41, 5.74) is 1.34. The first-order valence-electron chi connectivity index (χ1n) is 8.56. The van der Waals surface area contributed by atoms with Gasteiger partial charge in [0.1, 0.15) is 5.75 Å². The van der Waals surface area contributed by atoms with Crippen LogP contribution >= 0.6 is 0 Å². The highest BCUT2D eigenvalue weighted by molar-refractivity contribution is 5.94. The molecule has 1 aliphatic rings. The van der Waals surface area contributed by atoms with E-state index in [-0.39, 0.29) is 18.0 Å². The molecule has 3 amide bonds. The van der Waals surface area contributed by atoms with Gasteiger partial charge in [-0.3, -0.25) is 9.78 Å². The molecule has 0 spiro atoms. The zero-order valence-corrected chi connectivity index (χ0v) is 14.6. The first kappa shape index (κ1) is 17.7. The predicted octanol–water partition coefficient (Wildman–Crippen LogP) is 2.52. The molecule has 7 heteroatoms. The quantitative estimate of drug-likeness (QED) is 0.884. The second kappa shape index (κ2) is 8.33. The van der Waals surface area contributed by atoms with Crippen molar-refractivity contribution in [1.82, 2.24) is 15.2 Å². The van der Waals surface area contributed by atoms with Gasteiger partial charge in [0.2, 0.25) is 0 Å². The predicted molar refractivity (Wildman–Crippen MR) is 98.3 cm³/mol. The molecule has 0 aliphatic carbocycles. The fourth-order valence-corrected chi connectivity index (χ4v) is 2.93. The van der Waals surface area contributed by atoms with E-state index in [0.29, 0.717) is 24.3 Å². The van der Waals surface area contributed by atoms with E-state index in [1.807, 2.05) is 4.90 Å². The van der Waals surface area contributed by atoms with Crippen LogP contribution < -0.4 is 15.4 Å². The van der Waals surface area contributed by atoms with E-state index >= 15 is 0 Å². The number of anilines is 1. The highest BCUT2D eigenvalue weighted by Gasteiger charge is 2.24. The maximum absolute atomic E-state index is 12.4. The first-order chi connectivity index (χ1) is 12.7. The molecule has 1 aromatic heterocycles. The largest absolute Gasteiger partial charge is 0.497 e. The Morgan fingerprint density at radius 3 is 2.35 bits per heavy atom. The minimum atomic E-state index is -0.242. The molecule has 7 nitrogen and oxygen atoms in total. The number of carbonyl (C=O) groups is 2. The Kier molecular flexibility index (Phi) is 5.68. The zero-order chi connectivity index (χ0) is 18.4. The van der Waals surface area contributed by atoms with Gasteiger partial charge < -0.3 is 20.3 Å². The smallest absolute Gasteiger partial charge is 0.319 e. The van der Waals surface area contributed by atoms with Crippen molar-refractivity contribution in [3.63, 3.8) is 0 Å². The molecule has 136 valence electrons. The van der Waals surface area contributed by atoms with Crippen LogP contribution in [0.3, 0.4) is 0 Å². The minimum Gasteiger partial charge on any atom is -0.497 e. The summed E-state index contributed by atoms with van der Waals surface area (Å²) in [7, 11) is 1.60. The van der Waals surface area contributed by atoms with Crippen molar-refractivity contribution >= 4 is 17.6 Å². The van der Waals surface area contributed by atoms with Crippen molar-refractivity contribution < 1.29 is 14.3 Å². The van der Waals surface area contributed by atoms with E-state index in [0.717, 1.165) is 18.6 Å². The van der Waals surface area contributed by atoms with Crippen molar-refractivity contribution in [2.75, 3.05) is 25.5 Å². The first-order valence-corrected chi connectivity index (χ1v) is 8.56. The van der Waals surface area contributed by atoms with Crippen molar-refractivity contribution in [2.45, 2.75) is 18.9 Å². The second-order valence-electron chi connectivity index (χ2n) is 6.13. The fraction of sp³-hybridized carbons (Fsp3) is 0.316. The summed E-state index contributed by atoms with van der Waals surface area (Å²) in [5, 5.41) is 5.77. The lowest BCUT2D eigenvalue weighted by Crippen LogP contribution is -2.47. The highest BCUT2D eigenvalue weighted by Crippen LogP contribution is 2.16. The Hall–Kier alpha value is -3.09. The van der Waals surface area contributed by atoms with E-state index in [2.05, 4.69) is 15.6 Å². The summed E-state index contributed by atoms with van der Waals surface area (Å²) in [6, 6.07) is 10.4. The summed E-state index contributed by atoms with van der Waals surface area (Å²) in [4.78, 5) is 30.3. The van der Waals surface area contributed by atoms with E-state index in [9.17, 15) is 9.59 Å². The molecule has 0 radical (unpaired) electrons. The molecular formula is C19H22N4O3. The zero-order valence-electron chi connectivity index (χ0n) is 14.6. The van der Waals surface area contributed by atoms with Crippen LogP contribution in [0.15, 0.2) is 48.8 Å². The number of rotatable bonds is 4. The monoisotopic (exact) mass is 354 g/mol. The third-order valence-corrected chi connectivity index (χ3v) is 4.39. The van der Waals surface area contributed by atoms with Crippen LogP contribution in [0.4, 0.5) is 10.5 Å². The van der Waals surface area contributed by atoms with Crippen LogP contribution in [0.25, 0.3) is 0 Å². The van der Waals surface area contributed by atoms with Gasteiger partial charge in [-0.2, -0.15) is 0 Å². The molecule has 2 N–H and O–H groups in total. The van der Waals surface area contributed by atoms with Crippen LogP contribution in [-0.2, 0) is 0 Å². The lowest BCUT2D eigenvalue weighted by molar-refractivity contribution is 0.0708. The number of piperidine rings is 1. The number of likely N-dealkylation sites (tertiary alicyclic amines) is 1. The van der Waals surface area contributed by atoms with E-state index in [1.165, 1.54) is 0 Å². The SMILES string of the molecule is COc1ccc(NC(=O)NC2CCN(C(=O)c3ccncc3)CC2)cc1. The van der Waals surface area contributed by atoms with Gasteiger partial charge >= 0.3 is 6.03 Å². The van der Waals surface area contributed by atoms with Crippen LogP contribution in [0, 0.1) is 0 Å². The number of amides is 3. The standard InChI is InChI=1S/C19H22N4O3/c1-26-17-4-2-15(3-5-17)21-19(25)22-16-8-12-23(13-9-16)18(24)14-6-10-20-11-7-14/h2-7,10-11,16H,8-9,12-13H2,1H3,(H2,21,22,25). The number of hydrogen-bond acceptors (Lipinski definition) is 4. The molecule has 1 saturated heterocycles. The molecule has 1 aromatic carbocycles. The van der Waals surface area contributed by atoms with Crippen LogP contribution in [0.1, 0.15) is 23.2 Å². The van der Waals surface area contributed by atoms with Gasteiger partial charge in [-0.25, -0.2) is 4.79 Å². The highest BCUT2D eigenvalue weighted by atomic mass is 16.5. The molecule has 1 fully saturated rings. The lowest BCUT2D eigenvalue weighted by atomic mass is 10.0. The molecule has 26 heavy (non-hydrogen) atoms. The van der Waals surface area contributed by atoms with Crippen molar-refractivity contribution in [3.05, 3.63) is 54.4 Å². The van der Waals surface area contributed by atoms with E-state index < -0.39 is 0 Å². The Balaban J connectivity index is 1.46. The average molecular weight is 354 g/mol. The van der Waals surface area contributed by atoms with Gasteiger partial charge in [-0.15, -0.1) is 0 Å². The average Bonchev–Trinajstić information content (AvgIpc) is 2.69. The van der Waals surface area contributed by atoms with Gasteiger partial charge in [-0.05, 0) is 49.2 Å². The lowest BCUT2D eigenvalue weighted by Gasteiger charge is -2.32. The normalized spacial score (nSPS) is 14.6. The maximum Gasteiger partial charge on any atom is 0.319 e. The van der Waals surface area contributed by atoms with Crippen molar-refractivity contribution in [1.29, 1.82) is 0 Å². The van der Waals surface area contributed by atoms with E-state index in [1.54, 1.807) is 55.9 Å². The molecular weight excluding hydrogens is 332 g/mol. The van der Waals surface area contributed by atoms with Crippen molar-refractivity contribution in [2.24, 2.45) is 0 Å². The Bertz CT molecular complexity index is 741. The number of urea groups is 1. The van der Waals surface area contributed by atoms with Crippen molar-refractivity contribution in [3.8, 4) is 5.75 Å². The minimum absolute atomic E-state index is 0.00790. The number of benzene rings is 1. The maximum atomic E-state index is 12.4. The molecule has 0 saturated carbocycles. The number of carbonyl (C=O) groups excluding carboxylic acids is 2. The number of aromatic nitrogens is 1. The third-order valence-electron chi connectivity index (χ3n) is 4.39. The fourth-order valence-electron chi connectivity index (χ4n) is 2.93. The Morgan fingerprint density at radius 2 is 1.73 bits per heavy atom. The molecule has 0 unspecified atom stereocenters. The van der Waals surface area contributed by atoms with Crippen LogP contribution in [0.5, 0.6) is 5.75 Å². The molecule has 1 aliphatic heterocycles. The summed E-state index contributed by atoms with van der Waals surface area (Å²) in [6.45, 7) is 1.24. The molecule has 0 bridgehead atoms. The van der Waals surface area contributed by atoms with Gasteiger partial charge in [0, 0.05) is 42.8 Å². The number of pyridine rings is 1. The van der Waals surface area contributed by atoms with Gasteiger partial charge in [-0.1, -0.05) is 0 Å². The summed E-state index contributed by atoms with van der Waals surface area (Å²) in [6.07, 6.45) is 4.69. The number of hydrogen-bond donors (Lipinski definition) is 2. The second-order valence-corrected chi connectivity index (χ2v) is 6.13. The van der Waals surface area contributed by atoms with Crippen LogP contribution in [0.2, 0.25) is 0 Å². The van der Waals surface area contributed by atoms with Gasteiger partial charge in [0.05, 0.1) is 7.11 Å². The van der Waals surface area contributed by atoms with Crippen LogP contribution in [-0.4, -0.2) is 48.1 Å². The summed E-state index contributed by atoms with van der Waals surface area (Å²) < 4.78 is 5.09. The molecule has 2 heterocycles.